The number of esters is 1. The van der Waals surface area contributed by atoms with Gasteiger partial charge in [-0.25, -0.2) is 4.79 Å². The highest BCUT2D eigenvalue weighted by Gasteiger charge is 2.60. The molecule has 3 nitrogen and oxygen atoms in total. The normalized spacial score (nSPS) is 12.2. The number of methoxy groups -OCH3 is 2. The van der Waals surface area contributed by atoms with Gasteiger partial charge in [-0.05, 0) is 6.07 Å². The van der Waals surface area contributed by atoms with Gasteiger partial charge in [0.15, 0.2) is 0 Å². The number of rotatable bonds is 3. The lowest BCUT2D eigenvalue weighted by Gasteiger charge is -2.22. The van der Waals surface area contributed by atoms with Gasteiger partial charge >= 0.3 is 18.1 Å². The van der Waals surface area contributed by atoms with E-state index in [-0.39, 0.29) is 0 Å². The van der Waals surface area contributed by atoms with Crippen LogP contribution in [0.4, 0.5) is 22.0 Å². The van der Waals surface area contributed by atoms with Crippen LogP contribution in [0.2, 0.25) is 0 Å². The molecule has 0 saturated heterocycles. The Morgan fingerprint density at radius 1 is 1.11 bits per heavy atom. The minimum atomic E-state index is -5.83. The zero-order valence-electron chi connectivity index (χ0n) is 9.85. The van der Waals surface area contributed by atoms with Gasteiger partial charge in [-0.2, -0.15) is 22.0 Å². The van der Waals surface area contributed by atoms with E-state index in [1.165, 1.54) is 0 Å². The van der Waals surface area contributed by atoms with Crippen LogP contribution >= 0.6 is 0 Å². The van der Waals surface area contributed by atoms with E-state index in [9.17, 15) is 26.7 Å². The molecule has 19 heavy (non-hydrogen) atoms. The number of benzene rings is 1. The molecular weight excluding hydrogens is 275 g/mol. The quantitative estimate of drug-likeness (QED) is 0.632. The first-order valence-electron chi connectivity index (χ1n) is 4.87. The third-order valence-corrected chi connectivity index (χ3v) is 2.33. The number of ether oxygens (including phenoxy) is 2. The first-order chi connectivity index (χ1) is 8.66. The lowest BCUT2D eigenvalue weighted by Crippen LogP contribution is -2.35. The number of hydrogen-bond donors (Lipinski definition) is 0. The zero-order chi connectivity index (χ0) is 14.8. The largest absolute Gasteiger partial charge is 0.496 e. The summed E-state index contributed by atoms with van der Waals surface area (Å²) in [6.45, 7) is 0. The average molecular weight is 284 g/mol. The minimum Gasteiger partial charge on any atom is -0.496 e. The molecule has 0 radical (unpaired) electrons. The molecular formula is C11H9F5O3. The Balaban J connectivity index is 3.56. The van der Waals surface area contributed by atoms with Crippen LogP contribution in [0.1, 0.15) is 15.9 Å². The van der Waals surface area contributed by atoms with E-state index in [1.807, 2.05) is 0 Å². The van der Waals surface area contributed by atoms with Crippen molar-refractivity contribution in [3.63, 3.8) is 0 Å². The first-order valence-corrected chi connectivity index (χ1v) is 4.87. The van der Waals surface area contributed by atoms with Crippen LogP contribution in [0.25, 0.3) is 0 Å². The maximum absolute atomic E-state index is 13.3. The Labute approximate surface area is 104 Å². The van der Waals surface area contributed by atoms with Gasteiger partial charge in [0.2, 0.25) is 0 Å². The highest BCUT2D eigenvalue weighted by atomic mass is 19.4. The van der Waals surface area contributed by atoms with Crippen molar-refractivity contribution in [2.45, 2.75) is 12.1 Å². The fraction of sp³-hybridized carbons (Fsp3) is 0.364. The highest BCUT2D eigenvalue weighted by molar-refractivity contribution is 5.94. The average Bonchev–Trinajstić information content (AvgIpc) is 2.35. The lowest BCUT2D eigenvalue weighted by atomic mass is 10.00. The standard InChI is InChI=1S/C11H9F5O3/c1-18-7-5-3-4-6(8(7)9(17)19-2)10(12,13)11(14,15)16/h3-5H,1-2H3. The number of carbonyl (C=O) groups is 1. The van der Waals surface area contributed by atoms with E-state index in [1.54, 1.807) is 0 Å². The van der Waals surface area contributed by atoms with Gasteiger partial charge < -0.3 is 9.47 Å². The lowest BCUT2D eigenvalue weighted by molar-refractivity contribution is -0.289. The van der Waals surface area contributed by atoms with E-state index in [0.717, 1.165) is 26.4 Å². The molecule has 0 saturated carbocycles. The van der Waals surface area contributed by atoms with Crippen LogP contribution in [0, 0.1) is 0 Å². The van der Waals surface area contributed by atoms with Crippen LogP contribution in [0.15, 0.2) is 18.2 Å². The van der Waals surface area contributed by atoms with Crippen molar-refractivity contribution in [1.29, 1.82) is 0 Å². The van der Waals surface area contributed by atoms with E-state index in [4.69, 9.17) is 0 Å². The molecule has 0 spiro atoms. The molecule has 0 heterocycles. The van der Waals surface area contributed by atoms with Gasteiger partial charge in [-0.1, -0.05) is 12.1 Å². The fourth-order valence-corrected chi connectivity index (χ4v) is 1.43. The Morgan fingerprint density at radius 3 is 2.11 bits per heavy atom. The Hall–Kier alpha value is -1.86. The molecule has 0 bridgehead atoms. The molecule has 1 aromatic rings. The predicted octanol–water partition coefficient (Wildman–Crippen LogP) is 3.14. The number of carbonyl (C=O) groups excluding carboxylic acids is 1. The van der Waals surface area contributed by atoms with E-state index in [0.29, 0.717) is 6.07 Å². The highest BCUT2D eigenvalue weighted by Crippen LogP contribution is 2.46. The van der Waals surface area contributed by atoms with Crippen LogP contribution < -0.4 is 4.74 Å². The van der Waals surface area contributed by atoms with Crippen LogP contribution in [0.3, 0.4) is 0 Å². The van der Waals surface area contributed by atoms with Gasteiger partial charge in [-0.3, -0.25) is 0 Å². The third kappa shape index (κ3) is 2.61. The van der Waals surface area contributed by atoms with Crippen molar-refractivity contribution in [3.05, 3.63) is 29.3 Å². The second kappa shape index (κ2) is 5.02. The molecule has 8 heteroatoms. The number of hydrogen-bond acceptors (Lipinski definition) is 3. The summed E-state index contributed by atoms with van der Waals surface area (Å²) in [7, 11) is 1.90. The van der Waals surface area contributed by atoms with Crippen molar-refractivity contribution in [3.8, 4) is 5.75 Å². The van der Waals surface area contributed by atoms with Gasteiger partial charge in [0.1, 0.15) is 11.3 Å². The van der Waals surface area contributed by atoms with Crippen LogP contribution in [0.5, 0.6) is 5.75 Å². The molecule has 0 aliphatic rings. The summed E-state index contributed by atoms with van der Waals surface area (Å²) in [5.74, 6) is -6.95. The molecule has 0 N–H and O–H groups in total. The Morgan fingerprint density at radius 2 is 1.68 bits per heavy atom. The molecule has 0 amide bonds. The van der Waals surface area contributed by atoms with Crippen molar-refractivity contribution >= 4 is 5.97 Å². The maximum Gasteiger partial charge on any atom is 0.458 e. The Kier molecular flexibility index (Phi) is 4.02. The van der Waals surface area contributed by atoms with Gasteiger partial charge in [0.05, 0.1) is 14.2 Å². The number of alkyl halides is 5. The molecule has 0 aliphatic carbocycles. The summed E-state index contributed by atoms with van der Waals surface area (Å²) < 4.78 is 72.6. The van der Waals surface area contributed by atoms with E-state index in [2.05, 4.69) is 9.47 Å². The molecule has 106 valence electrons. The van der Waals surface area contributed by atoms with Crippen molar-refractivity contribution in [1.82, 2.24) is 0 Å². The van der Waals surface area contributed by atoms with Crippen molar-refractivity contribution in [2.75, 3.05) is 14.2 Å². The molecule has 0 fully saturated rings. The summed E-state index contributed by atoms with van der Waals surface area (Å²) in [4.78, 5) is 11.4. The summed E-state index contributed by atoms with van der Waals surface area (Å²) in [5, 5.41) is 0. The fourth-order valence-electron chi connectivity index (χ4n) is 1.43. The Bertz CT molecular complexity index is 482. The predicted molar refractivity (Wildman–Crippen MR) is 54.3 cm³/mol. The van der Waals surface area contributed by atoms with Crippen LogP contribution in [-0.4, -0.2) is 26.4 Å². The topological polar surface area (TPSA) is 35.5 Å². The SMILES string of the molecule is COC(=O)c1c(OC)cccc1C(F)(F)C(F)(F)F. The zero-order valence-corrected chi connectivity index (χ0v) is 9.85. The minimum absolute atomic E-state index is 0.423. The molecule has 0 atom stereocenters. The second-order valence-electron chi connectivity index (χ2n) is 3.45. The van der Waals surface area contributed by atoms with Crippen molar-refractivity contribution < 1.29 is 36.2 Å². The molecule has 0 aromatic heterocycles. The summed E-state index contributed by atoms with van der Waals surface area (Å²) >= 11 is 0. The molecule has 1 rings (SSSR count). The van der Waals surface area contributed by atoms with E-state index >= 15 is 0 Å². The summed E-state index contributed by atoms with van der Waals surface area (Å²) in [5.41, 5.74) is -2.46. The van der Waals surface area contributed by atoms with Gasteiger partial charge in [-0.15, -0.1) is 0 Å². The van der Waals surface area contributed by atoms with Crippen molar-refractivity contribution in [2.24, 2.45) is 0 Å². The summed E-state index contributed by atoms with van der Waals surface area (Å²) in [6.07, 6.45) is -5.83. The monoisotopic (exact) mass is 284 g/mol. The summed E-state index contributed by atoms with van der Waals surface area (Å²) in [6, 6.07) is 2.52. The molecule has 1 aromatic carbocycles. The van der Waals surface area contributed by atoms with Gasteiger partial charge in [0.25, 0.3) is 0 Å². The van der Waals surface area contributed by atoms with E-state index < -0.39 is 34.9 Å². The third-order valence-electron chi connectivity index (χ3n) is 2.33. The molecule has 0 unspecified atom stereocenters. The first kappa shape index (κ1) is 15.2. The maximum atomic E-state index is 13.3. The van der Waals surface area contributed by atoms with Crippen LogP contribution in [-0.2, 0) is 10.7 Å². The molecule has 0 aliphatic heterocycles. The number of halogens is 5. The van der Waals surface area contributed by atoms with Gasteiger partial charge in [0, 0.05) is 5.56 Å². The smallest absolute Gasteiger partial charge is 0.458 e. The second-order valence-corrected chi connectivity index (χ2v) is 3.45.